The topological polar surface area (TPSA) is 123 Å². The van der Waals surface area contributed by atoms with Crippen molar-refractivity contribution in [3.05, 3.63) is 105 Å². The van der Waals surface area contributed by atoms with Crippen LogP contribution in [0.25, 0.3) is 11.0 Å². The summed E-state index contributed by atoms with van der Waals surface area (Å²) in [6.45, 7) is 4.65. The molecular formula is C33H37FN4O6. The van der Waals surface area contributed by atoms with Crippen LogP contribution in [0, 0.1) is 5.82 Å². The van der Waals surface area contributed by atoms with Crippen LogP contribution in [0.3, 0.4) is 0 Å². The van der Waals surface area contributed by atoms with E-state index in [2.05, 4.69) is 10.3 Å². The Bertz CT molecular complexity index is 1640. The standard InChI is InChI=1S/C33H37FN4O6/c1-22(2)43-17-7-14-35-31(40)28-30(39)29-27(19-25(20-36-29)18-23-10-12-26(34)13-11-23)38(32(28)41)16-15-37(3)33(42)44-21-24-8-5-4-6-9-24/h4-6,8-13,19-20,22,39H,7,14-18,21H2,1-3H3,(H,35,40). The van der Waals surface area contributed by atoms with Gasteiger partial charge in [-0.3, -0.25) is 14.6 Å². The highest BCUT2D eigenvalue weighted by atomic mass is 19.1. The number of nitrogens with one attached hydrogen (secondary N) is 1. The van der Waals surface area contributed by atoms with Gasteiger partial charge in [0.25, 0.3) is 11.5 Å². The molecule has 4 rings (SSSR count). The smallest absolute Gasteiger partial charge is 0.409 e. The second-order valence-corrected chi connectivity index (χ2v) is 10.7. The lowest BCUT2D eigenvalue weighted by Crippen LogP contribution is -2.37. The summed E-state index contributed by atoms with van der Waals surface area (Å²) in [5, 5.41) is 13.7. The molecule has 0 aliphatic heterocycles. The maximum Gasteiger partial charge on any atom is 0.409 e. The van der Waals surface area contributed by atoms with E-state index < -0.39 is 28.9 Å². The molecule has 0 saturated carbocycles. The van der Waals surface area contributed by atoms with Crippen LogP contribution in [0.2, 0.25) is 0 Å². The number of pyridine rings is 2. The zero-order valence-corrected chi connectivity index (χ0v) is 25.1. The predicted molar refractivity (Wildman–Crippen MR) is 164 cm³/mol. The van der Waals surface area contributed by atoms with Crippen molar-refractivity contribution in [1.82, 2.24) is 19.8 Å². The molecule has 10 nitrogen and oxygen atoms in total. The second-order valence-electron chi connectivity index (χ2n) is 10.7. The molecule has 0 saturated heterocycles. The van der Waals surface area contributed by atoms with Crippen molar-refractivity contribution in [2.45, 2.75) is 45.9 Å². The van der Waals surface area contributed by atoms with E-state index in [9.17, 15) is 23.9 Å². The van der Waals surface area contributed by atoms with Gasteiger partial charge >= 0.3 is 6.09 Å². The van der Waals surface area contributed by atoms with Gasteiger partial charge in [0.1, 0.15) is 23.5 Å². The second kappa shape index (κ2) is 15.1. The summed E-state index contributed by atoms with van der Waals surface area (Å²) in [6, 6.07) is 17.0. The lowest BCUT2D eigenvalue weighted by molar-refractivity contribution is 0.0756. The maximum atomic E-state index is 13.7. The molecule has 232 valence electrons. The van der Waals surface area contributed by atoms with Gasteiger partial charge in [0.2, 0.25) is 0 Å². The van der Waals surface area contributed by atoms with Gasteiger partial charge < -0.3 is 29.4 Å². The average molecular weight is 605 g/mol. The van der Waals surface area contributed by atoms with E-state index in [1.165, 1.54) is 27.8 Å². The first-order valence-electron chi connectivity index (χ1n) is 14.4. The Morgan fingerprint density at radius 3 is 2.50 bits per heavy atom. The van der Waals surface area contributed by atoms with Gasteiger partial charge in [0.15, 0.2) is 5.75 Å². The first-order chi connectivity index (χ1) is 21.1. The molecule has 44 heavy (non-hydrogen) atoms. The number of carbonyl (C=O) groups excluding carboxylic acids is 2. The molecule has 2 N–H and O–H groups in total. The summed E-state index contributed by atoms with van der Waals surface area (Å²) in [4.78, 5) is 45.3. The first-order valence-corrected chi connectivity index (χ1v) is 14.4. The van der Waals surface area contributed by atoms with Crippen LogP contribution in [0.15, 0.2) is 71.7 Å². The Morgan fingerprint density at radius 1 is 1.07 bits per heavy atom. The SMILES string of the molecule is CC(C)OCCCNC(=O)c1c(O)c2ncc(Cc3ccc(F)cc3)cc2n(CCN(C)C(=O)OCc2ccccc2)c1=O. The molecule has 0 spiro atoms. The number of benzene rings is 2. The number of likely N-dealkylation sites (N-methyl/N-ethyl adjacent to an activating group) is 1. The van der Waals surface area contributed by atoms with Gasteiger partial charge in [-0.2, -0.15) is 0 Å². The molecule has 0 atom stereocenters. The fraction of sp³-hybridized carbons (Fsp3) is 0.333. The fourth-order valence-electron chi connectivity index (χ4n) is 4.56. The number of halogens is 1. The van der Waals surface area contributed by atoms with Crippen molar-refractivity contribution < 1.29 is 28.6 Å². The van der Waals surface area contributed by atoms with Gasteiger partial charge in [-0.1, -0.05) is 42.5 Å². The van der Waals surface area contributed by atoms with E-state index in [-0.39, 0.29) is 43.7 Å². The highest BCUT2D eigenvalue weighted by molar-refractivity contribution is 6.01. The molecule has 2 aromatic heterocycles. The third-order valence-corrected chi connectivity index (χ3v) is 6.92. The largest absolute Gasteiger partial charge is 0.505 e. The number of carbonyl (C=O) groups is 2. The quantitative estimate of drug-likeness (QED) is 0.213. The molecule has 2 aromatic carbocycles. The molecule has 0 unspecified atom stereocenters. The van der Waals surface area contributed by atoms with Crippen LogP contribution in [-0.2, 0) is 29.0 Å². The van der Waals surface area contributed by atoms with Crippen LogP contribution >= 0.6 is 0 Å². The maximum absolute atomic E-state index is 13.7. The van der Waals surface area contributed by atoms with E-state index >= 15 is 0 Å². The lowest BCUT2D eigenvalue weighted by Gasteiger charge is -2.20. The summed E-state index contributed by atoms with van der Waals surface area (Å²) in [5.74, 6) is -1.62. The van der Waals surface area contributed by atoms with Crippen LogP contribution < -0.4 is 10.9 Å². The Morgan fingerprint density at radius 2 is 1.80 bits per heavy atom. The van der Waals surface area contributed by atoms with Crippen LogP contribution in [0.4, 0.5) is 9.18 Å². The minimum absolute atomic E-state index is 0.00323. The van der Waals surface area contributed by atoms with Gasteiger partial charge in [-0.25, -0.2) is 9.18 Å². The first kappa shape index (κ1) is 32.2. The summed E-state index contributed by atoms with van der Waals surface area (Å²) in [6.07, 6.45) is 1.92. The molecule has 0 bridgehead atoms. The van der Waals surface area contributed by atoms with Gasteiger partial charge in [0.05, 0.1) is 11.6 Å². The van der Waals surface area contributed by atoms with Gasteiger partial charge in [-0.05, 0) is 61.6 Å². The monoisotopic (exact) mass is 604 g/mol. The third kappa shape index (κ3) is 8.41. The molecule has 0 aliphatic rings. The van der Waals surface area contributed by atoms with Crippen molar-refractivity contribution in [3.8, 4) is 5.75 Å². The van der Waals surface area contributed by atoms with Crippen molar-refractivity contribution in [2.75, 3.05) is 26.7 Å². The molecule has 0 fully saturated rings. The number of aromatic hydroxyl groups is 1. The number of hydrogen-bond acceptors (Lipinski definition) is 7. The van der Waals surface area contributed by atoms with Crippen molar-refractivity contribution >= 4 is 23.0 Å². The lowest BCUT2D eigenvalue weighted by atomic mass is 10.1. The Hall–Kier alpha value is -4.77. The highest BCUT2D eigenvalue weighted by Gasteiger charge is 2.24. The Balaban J connectivity index is 1.60. The minimum atomic E-state index is -0.736. The number of fused-ring (bicyclic) bond motifs is 1. The number of nitrogens with zero attached hydrogens (tertiary/aromatic N) is 3. The number of rotatable bonds is 13. The fourth-order valence-corrected chi connectivity index (χ4v) is 4.56. The minimum Gasteiger partial charge on any atom is -0.505 e. The van der Waals surface area contributed by atoms with Gasteiger partial charge in [-0.15, -0.1) is 0 Å². The average Bonchev–Trinajstić information content (AvgIpc) is 3.01. The van der Waals surface area contributed by atoms with Crippen molar-refractivity contribution in [2.24, 2.45) is 0 Å². The number of amides is 2. The number of aromatic nitrogens is 2. The van der Waals surface area contributed by atoms with E-state index in [1.807, 2.05) is 44.2 Å². The van der Waals surface area contributed by atoms with E-state index in [1.54, 1.807) is 25.2 Å². The molecule has 2 amide bonds. The highest BCUT2D eigenvalue weighted by Crippen LogP contribution is 2.26. The van der Waals surface area contributed by atoms with Crippen molar-refractivity contribution in [3.63, 3.8) is 0 Å². The summed E-state index contributed by atoms with van der Waals surface area (Å²) >= 11 is 0. The van der Waals surface area contributed by atoms with E-state index in [0.717, 1.165) is 11.1 Å². The molecule has 4 aromatic rings. The van der Waals surface area contributed by atoms with Crippen LogP contribution in [0.5, 0.6) is 5.75 Å². The zero-order valence-electron chi connectivity index (χ0n) is 25.1. The summed E-state index contributed by atoms with van der Waals surface area (Å²) in [5.41, 5.74) is 1.56. The number of ether oxygens (including phenoxy) is 2. The van der Waals surface area contributed by atoms with Crippen molar-refractivity contribution in [1.29, 1.82) is 0 Å². The molecule has 0 aliphatic carbocycles. The third-order valence-electron chi connectivity index (χ3n) is 6.92. The van der Waals surface area contributed by atoms with E-state index in [0.29, 0.717) is 30.5 Å². The molecule has 2 heterocycles. The van der Waals surface area contributed by atoms with Crippen LogP contribution in [0.1, 0.15) is 47.3 Å². The Labute approximate surface area is 255 Å². The molecule has 11 heteroatoms. The molecular weight excluding hydrogens is 567 g/mol. The normalized spacial score (nSPS) is 11.1. The zero-order chi connectivity index (χ0) is 31.6. The molecule has 0 radical (unpaired) electrons. The van der Waals surface area contributed by atoms with E-state index in [4.69, 9.17) is 9.47 Å². The summed E-state index contributed by atoms with van der Waals surface area (Å²) < 4.78 is 25.6. The predicted octanol–water partition coefficient (Wildman–Crippen LogP) is 4.65. The summed E-state index contributed by atoms with van der Waals surface area (Å²) in [7, 11) is 1.55. The Kier molecular flexibility index (Phi) is 11.0. The number of hydrogen-bond donors (Lipinski definition) is 2. The van der Waals surface area contributed by atoms with Crippen LogP contribution in [-0.4, -0.2) is 64.4 Å². The van der Waals surface area contributed by atoms with Gasteiger partial charge in [0, 0.05) is 39.5 Å².